The topological polar surface area (TPSA) is 63.6 Å². The SMILES string of the molecule is Clc1ncc(Cl)c(NCc2ccncn2)n1. The van der Waals surface area contributed by atoms with Crippen molar-refractivity contribution >= 4 is 29.0 Å². The smallest absolute Gasteiger partial charge is 0.224 e. The first kappa shape index (κ1) is 11.0. The molecule has 2 aromatic heterocycles. The van der Waals surface area contributed by atoms with Crippen molar-refractivity contribution in [2.24, 2.45) is 0 Å². The summed E-state index contributed by atoms with van der Waals surface area (Å²) in [7, 11) is 0. The average molecular weight is 256 g/mol. The van der Waals surface area contributed by atoms with E-state index in [-0.39, 0.29) is 5.28 Å². The van der Waals surface area contributed by atoms with Gasteiger partial charge in [-0.1, -0.05) is 11.6 Å². The highest BCUT2D eigenvalue weighted by Gasteiger charge is 2.03. The van der Waals surface area contributed by atoms with Crippen LogP contribution < -0.4 is 5.32 Å². The Balaban J connectivity index is 2.08. The Morgan fingerprint density at radius 2 is 2.12 bits per heavy atom. The van der Waals surface area contributed by atoms with Crippen molar-refractivity contribution in [2.75, 3.05) is 5.32 Å². The van der Waals surface area contributed by atoms with Gasteiger partial charge in [-0.05, 0) is 17.7 Å². The minimum Gasteiger partial charge on any atom is -0.363 e. The number of hydrogen-bond donors (Lipinski definition) is 1. The van der Waals surface area contributed by atoms with Gasteiger partial charge in [0.25, 0.3) is 0 Å². The van der Waals surface area contributed by atoms with E-state index in [0.717, 1.165) is 5.69 Å². The molecule has 0 aromatic carbocycles. The van der Waals surface area contributed by atoms with Crippen molar-refractivity contribution in [3.63, 3.8) is 0 Å². The van der Waals surface area contributed by atoms with Crippen LogP contribution in [0.5, 0.6) is 0 Å². The monoisotopic (exact) mass is 255 g/mol. The van der Waals surface area contributed by atoms with Crippen LogP contribution in [0.3, 0.4) is 0 Å². The van der Waals surface area contributed by atoms with Crippen LogP contribution in [-0.2, 0) is 6.54 Å². The molecule has 0 saturated heterocycles. The minimum absolute atomic E-state index is 0.148. The summed E-state index contributed by atoms with van der Waals surface area (Å²) in [5.41, 5.74) is 0.834. The molecule has 5 nitrogen and oxygen atoms in total. The molecule has 0 bridgehead atoms. The quantitative estimate of drug-likeness (QED) is 0.852. The Bertz CT molecular complexity index is 477. The molecule has 0 fully saturated rings. The number of nitrogens with zero attached hydrogens (tertiary/aromatic N) is 4. The maximum Gasteiger partial charge on any atom is 0.224 e. The van der Waals surface area contributed by atoms with Gasteiger partial charge in [0.15, 0.2) is 0 Å². The third-order valence-corrected chi connectivity index (χ3v) is 2.25. The highest BCUT2D eigenvalue weighted by Crippen LogP contribution is 2.19. The van der Waals surface area contributed by atoms with Gasteiger partial charge < -0.3 is 5.32 Å². The number of anilines is 1. The molecule has 2 heterocycles. The highest BCUT2D eigenvalue weighted by molar-refractivity contribution is 6.33. The van der Waals surface area contributed by atoms with Gasteiger partial charge in [-0.15, -0.1) is 0 Å². The predicted octanol–water partition coefficient (Wildman–Crippen LogP) is 2.19. The summed E-state index contributed by atoms with van der Waals surface area (Å²) in [6.07, 6.45) is 4.59. The van der Waals surface area contributed by atoms with E-state index in [1.165, 1.54) is 12.5 Å². The summed E-state index contributed by atoms with van der Waals surface area (Å²) >= 11 is 11.5. The van der Waals surface area contributed by atoms with E-state index >= 15 is 0 Å². The van der Waals surface area contributed by atoms with Gasteiger partial charge in [0.2, 0.25) is 5.28 Å². The third-order valence-electron chi connectivity index (χ3n) is 1.79. The summed E-state index contributed by atoms with van der Waals surface area (Å²) in [6, 6.07) is 1.80. The van der Waals surface area contributed by atoms with E-state index in [0.29, 0.717) is 17.4 Å². The second-order valence-electron chi connectivity index (χ2n) is 2.89. The van der Waals surface area contributed by atoms with E-state index in [9.17, 15) is 0 Å². The van der Waals surface area contributed by atoms with Gasteiger partial charge >= 0.3 is 0 Å². The van der Waals surface area contributed by atoms with Crippen molar-refractivity contribution in [3.8, 4) is 0 Å². The summed E-state index contributed by atoms with van der Waals surface area (Å²) in [6.45, 7) is 0.496. The van der Waals surface area contributed by atoms with Gasteiger partial charge in [0.1, 0.15) is 17.2 Å². The van der Waals surface area contributed by atoms with Crippen LogP contribution in [0, 0.1) is 0 Å². The molecular formula is C9H7Cl2N5. The molecule has 0 saturated carbocycles. The first-order valence-corrected chi connectivity index (χ1v) is 5.18. The van der Waals surface area contributed by atoms with Crippen molar-refractivity contribution in [1.82, 2.24) is 19.9 Å². The van der Waals surface area contributed by atoms with Gasteiger partial charge in [0.05, 0.1) is 18.4 Å². The van der Waals surface area contributed by atoms with E-state index < -0.39 is 0 Å². The summed E-state index contributed by atoms with van der Waals surface area (Å²) in [5, 5.41) is 3.58. The standard InChI is InChI=1S/C9H7Cl2N5/c10-7-4-14-9(11)16-8(7)13-3-6-1-2-12-5-15-6/h1-2,4-5H,3H2,(H,13,14,16). The zero-order valence-corrected chi connectivity index (χ0v) is 9.57. The first-order valence-electron chi connectivity index (χ1n) is 4.42. The van der Waals surface area contributed by atoms with Crippen LogP contribution in [0.15, 0.2) is 24.8 Å². The fourth-order valence-electron chi connectivity index (χ4n) is 1.07. The molecule has 16 heavy (non-hydrogen) atoms. The van der Waals surface area contributed by atoms with Gasteiger partial charge in [0, 0.05) is 6.20 Å². The van der Waals surface area contributed by atoms with Crippen LogP contribution in [-0.4, -0.2) is 19.9 Å². The second-order valence-corrected chi connectivity index (χ2v) is 3.64. The molecule has 0 radical (unpaired) electrons. The van der Waals surface area contributed by atoms with E-state index in [1.54, 1.807) is 12.3 Å². The van der Waals surface area contributed by atoms with Gasteiger partial charge in [-0.3, -0.25) is 0 Å². The van der Waals surface area contributed by atoms with Crippen molar-refractivity contribution in [2.45, 2.75) is 6.54 Å². The van der Waals surface area contributed by atoms with Crippen LogP contribution in [0.2, 0.25) is 10.3 Å². The molecule has 7 heteroatoms. The number of hydrogen-bond acceptors (Lipinski definition) is 5. The number of halogens is 2. The Labute approximate surface area is 102 Å². The molecule has 0 unspecified atom stereocenters. The first-order chi connectivity index (χ1) is 7.75. The molecule has 0 aliphatic rings. The largest absolute Gasteiger partial charge is 0.363 e. The molecule has 2 rings (SSSR count). The zero-order valence-electron chi connectivity index (χ0n) is 8.06. The molecule has 0 aliphatic carbocycles. The number of nitrogens with one attached hydrogen (secondary N) is 1. The Morgan fingerprint density at radius 3 is 2.88 bits per heavy atom. The van der Waals surface area contributed by atoms with E-state index in [2.05, 4.69) is 25.3 Å². The summed E-state index contributed by atoms with van der Waals surface area (Å²) in [4.78, 5) is 15.6. The fourth-order valence-corrected chi connectivity index (χ4v) is 1.36. The van der Waals surface area contributed by atoms with Crippen LogP contribution in [0.4, 0.5) is 5.82 Å². The molecule has 2 aromatic rings. The molecule has 1 N–H and O–H groups in total. The minimum atomic E-state index is 0.148. The van der Waals surface area contributed by atoms with Crippen LogP contribution in [0.1, 0.15) is 5.69 Å². The Morgan fingerprint density at radius 1 is 1.25 bits per heavy atom. The molecule has 0 spiro atoms. The summed E-state index contributed by atoms with van der Waals surface area (Å²) in [5.74, 6) is 0.486. The lowest BCUT2D eigenvalue weighted by molar-refractivity contribution is 0.991. The maximum absolute atomic E-state index is 5.88. The van der Waals surface area contributed by atoms with E-state index in [4.69, 9.17) is 23.2 Å². The normalized spacial score (nSPS) is 10.1. The zero-order chi connectivity index (χ0) is 11.4. The van der Waals surface area contributed by atoms with Crippen molar-refractivity contribution < 1.29 is 0 Å². The fraction of sp³-hybridized carbons (Fsp3) is 0.111. The second kappa shape index (κ2) is 5.05. The van der Waals surface area contributed by atoms with Crippen LogP contribution in [0.25, 0.3) is 0 Å². The molecule has 0 amide bonds. The predicted molar refractivity (Wildman–Crippen MR) is 61.4 cm³/mol. The lowest BCUT2D eigenvalue weighted by Gasteiger charge is -2.06. The number of aromatic nitrogens is 4. The highest BCUT2D eigenvalue weighted by atomic mass is 35.5. The third kappa shape index (κ3) is 2.77. The number of rotatable bonds is 3. The molecule has 0 aliphatic heterocycles. The van der Waals surface area contributed by atoms with Crippen LogP contribution >= 0.6 is 23.2 Å². The van der Waals surface area contributed by atoms with E-state index in [1.807, 2.05) is 0 Å². The Hall–Kier alpha value is -1.46. The Kier molecular flexibility index (Phi) is 3.48. The summed E-state index contributed by atoms with van der Waals surface area (Å²) < 4.78 is 0. The van der Waals surface area contributed by atoms with Crippen molar-refractivity contribution in [1.29, 1.82) is 0 Å². The molecular weight excluding hydrogens is 249 g/mol. The lowest BCUT2D eigenvalue weighted by atomic mass is 10.4. The molecule has 0 atom stereocenters. The van der Waals surface area contributed by atoms with Crippen molar-refractivity contribution in [3.05, 3.63) is 40.8 Å². The molecule has 82 valence electrons. The van der Waals surface area contributed by atoms with Gasteiger partial charge in [-0.2, -0.15) is 4.98 Å². The average Bonchev–Trinajstić information content (AvgIpc) is 2.32. The van der Waals surface area contributed by atoms with Gasteiger partial charge in [-0.25, -0.2) is 15.0 Å². The maximum atomic E-state index is 5.88. The lowest BCUT2D eigenvalue weighted by Crippen LogP contribution is -2.04.